The second-order valence-electron chi connectivity index (χ2n) is 6.10. The quantitative estimate of drug-likeness (QED) is 0.904. The van der Waals surface area contributed by atoms with Crippen LogP contribution < -0.4 is 11.1 Å². The Labute approximate surface area is 124 Å². The molecule has 1 aromatic heterocycles. The summed E-state index contributed by atoms with van der Waals surface area (Å²) in [4.78, 5) is 9.02. The summed E-state index contributed by atoms with van der Waals surface area (Å²) in [5.41, 5.74) is 8.78. The molecule has 4 heteroatoms. The number of rotatable bonds is 3. The van der Waals surface area contributed by atoms with Crippen molar-refractivity contribution < 1.29 is 0 Å². The van der Waals surface area contributed by atoms with Gasteiger partial charge in [0.15, 0.2) is 0 Å². The van der Waals surface area contributed by atoms with Crippen LogP contribution in [0.2, 0.25) is 0 Å². The Kier molecular flexibility index (Phi) is 3.02. The van der Waals surface area contributed by atoms with Crippen LogP contribution in [0.4, 0.5) is 11.6 Å². The first-order valence-electron chi connectivity index (χ1n) is 7.78. The Morgan fingerprint density at radius 1 is 1.10 bits per heavy atom. The summed E-state index contributed by atoms with van der Waals surface area (Å²) in [6, 6.07) is 10.9. The average molecular weight is 280 g/mol. The van der Waals surface area contributed by atoms with Gasteiger partial charge < -0.3 is 11.1 Å². The first kappa shape index (κ1) is 12.6. The molecular formula is C17H20N4. The lowest BCUT2D eigenvalue weighted by atomic mass is 9.88. The molecule has 0 aliphatic heterocycles. The summed E-state index contributed by atoms with van der Waals surface area (Å²) in [7, 11) is 0. The number of nitrogens with two attached hydrogens (primary N) is 1. The number of hydrogen-bond acceptors (Lipinski definition) is 4. The molecule has 4 nitrogen and oxygen atoms in total. The molecule has 2 aliphatic carbocycles. The van der Waals surface area contributed by atoms with Crippen molar-refractivity contribution >= 4 is 11.6 Å². The van der Waals surface area contributed by atoms with Crippen molar-refractivity contribution in [3.63, 3.8) is 0 Å². The molecule has 0 spiro atoms. The number of anilines is 2. The van der Waals surface area contributed by atoms with Gasteiger partial charge in [0.1, 0.15) is 17.5 Å². The number of nitrogens with zero attached hydrogens (tertiary/aromatic N) is 2. The highest BCUT2D eigenvalue weighted by Crippen LogP contribution is 2.39. The molecule has 0 amide bonds. The van der Waals surface area contributed by atoms with Gasteiger partial charge in [-0.1, -0.05) is 24.3 Å². The molecule has 21 heavy (non-hydrogen) atoms. The summed E-state index contributed by atoms with van der Waals surface area (Å²) in [5, 5.41) is 3.57. The predicted octanol–water partition coefficient (Wildman–Crippen LogP) is 3.43. The van der Waals surface area contributed by atoms with E-state index < -0.39 is 0 Å². The summed E-state index contributed by atoms with van der Waals surface area (Å²) in [6.07, 6.45) is 5.91. The SMILES string of the molecule is Nc1cc(NC2CCCc3ccccc32)nc(C2CC2)n1. The minimum Gasteiger partial charge on any atom is -0.384 e. The standard InChI is InChI=1S/C17H20N4/c18-15-10-16(21-17(20-15)12-8-9-12)19-14-7-3-5-11-4-1-2-6-13(11)14/h1-2,4,6,10,12,14H,3,5,7-9H2,(H3,18,19,20,21). The van der Waals surface area contributed by atoms with Crippen LogP contribution in [-0.4, -0.2) is 9.97 Å². The minimum absolute atomic E-state index is 0.330. The van der Waals surface area contributed by atoms with Crippen LogP contribution in [0.5, 0.6) is 0 Å². The fourth-order valence-corrected chi connectivity index (χ4v) is 3.17. The molecule has 1 aromatic carbocycles. The van der Waals surface area contributed by atoms with Crippen LogP contribution in [-0.2, 0) is 6.42 Å². The Hall–Kier alpha value is -2.10. The highest BCUT2D eigenvalue weighted by Gasteiger charge is 2.27. The molecule has 1 fully saturated rings. The zero-order valence-electron chi connectivity index (χ0n) is 12.0. The van der Waals surface area contributed by atoms with Crippen molar-refractivity contribution in [1.29, 1.82) is 0 Å². The van der Waals surface area contributed by atoms with E-state index in [0.29, 0.717) is 17.8 Å². The maximum atomic E-state index is 5.93. The highest BCUT2D eigenvalue weighted by atomic mass is 15.1. The van der Waals surface area contributed by atoms with E-state index in [1.807, 2.05) is 6.07 Å². The maximum absolute atomic E-state index is 5.93. The lowest BCUT2D eigenvalue weighted by Crippen LogP contribution is -2.18. The topological polar surface area (TPSA) is 63.8 Å². The van der Waals surface area contributed by atoms with E-state index in [9.17, 15) is 0 Å². The van der Waals surface area contributed by atoms with Crippen LogP contribution in [0.1, 0.15) is 54.6 Å². The van der Waals surface area contributed by atoms with Crippen molar-refractivity contribution in [3.8, 4) is 0 Å². The van der Waals surface area contributed by atoms with Crippen molar-refractivity contribution in [2.24, 2.45) is 0 Å². The van der Waals surface area contributed by atoms with Crippen molar-refractivity contribution in [3.05, 3.63) is 47.3 Å². The number of hydrogen-bond donors (Lipinski definition) is 2. The van der Waals surface area contributed by atoms with E-state index in [4.69, 9.17) is 5.73 Å². The van der Waals surface area contributed by atoms with E-state index in [0.717, 1.165) is 18.1 Å². The van der Waals surface area contributed by atoms with Gasteiger partial charge in [-0.2, -0.15) is 0 Å². The lowest BCUT2D eigenvalue weighted by molar-refractivity contribution is 0.598. The third-order valence-corrected chi connectivity index (χ3v) is 4.40. The van der Waals surface area contributed by atoms with Gasteiger partial charge in [-0.3, -0.25) is 0 Å². The second kappa shape index (κ2) is 5.02. The highest BCUT2D eigenvalue weighted by molar-refractivity contribution is 5.48. The van der Waals surface area contributed by atoms with Gasteiger partial charge in [0.2, 0.25) is 0 Å². The number of benzene rings is 1. The van der Waals surface area contributed by atoms with Gasteiger partial charge in [0, 0.05) is 12.0 Å². The average Bonchev–Trinajstić information content (AvgIpc) is 3.32. The number of nitrogen functional groups attached to an aromatic ring is 1. The van der Waals surface area contributed by atoms with Crippen LogP contribution in [0.3, 0.4) is 0 Å². The molecule has 4 rings (SSSR count). The van der Waals surface area contributed by atoms with E-state index in [1.165, 1.54) is 36.8 Å². The third kappa shape index (κ3) is 2.58. The van der Waals surface area contributed by atoms with E-state index in [-0.39, 0.29) is 0 Å². The molecule has 1 atom stereocenters. The van der Waals surface area contributed by atoms with Crippen molar-refractivity contribution in [2.75, 3.05) is 11.1 Å². The van der Waals surface area contributed by atoms with Crippen LogP contribution in [0.15, 0.2) is 30.3 Å². The number of fused-ring (bicyclic) bond motifs is 1. The molecule has 2 aliphatic rings. The molecular weight excluding hydrogens is 260 g/mol. The van der Waals surface area contributed by atoms with Gasteiger partial charge in [-0.25, -0.2) is 9.97 Å². The van der Waals surface area contributed by atoms with E-state index >= 15 is 0 Å². The normalized spacial score (nSPS) is 20.9. The van der Waals surface area contributed by atoms with Gasteiger partial charge in [-0.05, 0) is 43.2 Å². The molecule has 1 heterocycles. The van der Waals surface area contributed by atoms with Crippen LogP contribution >= 0.6 is 0 Å². The molecule has 3 N–H and O–H groups in total. The minimum atomic E-state index is 0.330. The van der Waals surface area contributed by atoms with Gasteiger partial charge in [0.25, 0.3) is 0 Å². The first-order valence-corrected chi connectivity index (χ1v) is 7.78. The Bertz CT molecular complexity index is 664. The monoisotopic (exact) mass is 280 g/mol. The first-order chi connectivity index (χ1) is 10.3. The van der Waals surface area contributed by atoms with Crippen LogP contribution in [0.25, 0.3) is 0 Å². The fraction of sp³-hybridized carbons (Fsp3) is 0.412. The van der Waals surface area contributed by atoms with Crippen molar-refractivity contribution in [1.82, 2.24) is 9.97 Å². The Morgan fingerprint density at radius 2 is 1.95 bits per heavy atom. The zero-order chi connectivity index (χ0) is 14.2. The molecule has 108 valence electrons. The molecule has 1 unspecified atom stereocenters. The fourth-order valence-electron chi connectivity index (χ4n) is 3.17. The number of nitrogens with one attached hydrogen (secondary N) is 1. The summed E-state index contributed by atoms with van der Waals surface area (Å²) in [6.45, 7) is 0. The van der Waals surface area contributed by atoms with Crippen molar-refractivity contribution in [2.45, 2.75) is 44.1 Å². The maximum Gasteiger partial charge on any atom is 0.136 e. The third-order valence-electron chi connectivity index (χ3n) is 4.40. The molecule has 0 saturated heterocycles. The predicted molar refractivity (Wildman–Crippen MR) is 84.2 cm³/mol. The number of aryl methyl sites for hydroxylation is 1. The van der Waals surface area contributed by atoms with Gasteiger partial charge in [0.05, 0.1) is 6.04 Å². The smallest absolute Gasteiger partial charge is 0.136 e. The molecule has 1 saturated carbocycles. The Morgan fingerprint density at radius 3 is 2.81 bits per heavy atom. The summed E-state index contributed by atoms with van der Waals surface area (Å²) < 4.78 is 0. The second-order valence-corrected chi connectivity index (χ2v) is 6.10. The van der Waals surface area contributed by atoms with Crippen LogP contribution in [0, 0.1) is 0 Å². The lowest BCUT2D eigenvalue weighted by Gasteiger charge is -2.27. The molecule has 0 radical (unpaired) electrons. The van der Waals surface area contributed by atoms with Gasteiger partial charge in [-0.15, -0.1) is 0 Å². The summed E-state index contributed by atoms with van der Waals surface area (Å²) >= 11 is 0. The Balaban J connectivity index is 1.62. The molecule has 0 bridgehead atoms. The van der Waals surface area contributed by atoms with Gasteiger partial charge >= 0.3 is 0 Å². The zero-order valence-corrected chi connectivity index (χ0v) is 12.0. The summed E-state index contributed by atoms with van der Waals surface area (Å²) in [5.74, 6) is 2.86. The molecule has 2 aromatic rings. The van der Waals surface area contributed by atoms with E-state index in [1.54, 1.807) is 0 Å². The largest absolute Gasteiger partial charge is 0.384 e. The number of aromatic nitrogens is 2. The van der Waals surface area contributed by atoms with E-state index in [2.05, 4.69) is 39.6 Å².